The van der Waals surface area contributed by atoms with Gasteiger partial charge in [0.1, 0.15) is 17.0 Å². The molecule has 2 saturated carbocycles. The highest BCUT2D eigenvalue weighted by molar-refractivity contribution is 5.76. The normalized spacial score (nSPS) is 17.6. The van der Waals surface area contributed by atoms with Gasteiger partial charge in [-0.15, -0.1) is 10.2 Å². The summed E-state index contributed by atoms with van der Waals surface area (Å²) in [5.41, 5.74) is 1.44. The number of nitrogens with zero attached hydrogens (tertiary/aromatic N) is 4. The zero-order chi connectivity index (χ0) is 29.7. The Balaban J connectivity index is 1.41. The molecule has 2 N–H and O–H groups in total. The Morgan fingerprint density at radius 3 is 2.33 bits per heavy atom. The predicted molar refractivity (Wildman–Crippen MR) is 151 cm³/mol. The van der Waals surface area contributed by atoms with E-state index in [-0.39, 0.29) is 19.0 Å². The molecule has 10 nitrogen and oxygen atoms in total. The van der Waals surface area contributed by atoms with E-state index in [2.05, 4.69) is 25.9 Å². The van der Waals surface area contributed by atoms with Crippen LogP contribution in [-0.2, 0) is 16.9 Å². The van der Waals surface area contributed by atoms with Crippen LogP contribution in [0.25, 0.3) is 0 Å². The molecule has 0 radical (unpaired) electrons. The second-order valence-electron chi connectivity index (χ2n) is 10.9. The third-order valence-corrected chi connectivity index (χ3v) is 7.75. The van der Waals surface area contributed by atoms with Crippen molar-refractivity contribution in [2.24, 2.45) is 0 Å². The molecule has 1 unspecified atom stereocenters. The lowest BCUT2D eigenvalue weighted by Crippen LogP contribution is -2.62. The van der Waals surface area contributed by atoms with Crippen LogP contribution < -0.4 is 14.8 Å². The van der Waals surface area contributed by atoms with Crippen molar-refractivity contribution in [2.45, 2.75) is 76.5 Å². The molecule has 1 atom stereocenters. The van der Waals surface area contributed by atoms with Gasteiger partial charge >= 0.3 is 6.03 Å². The summed E-state index contributed by atoms with van der Waals surface area (Å²) in [6.45, 7) is 7.55. The third kappa shape index (κ3) is 6.64. The largest absolute Gasteiger partial charge is 0.493 e. The fourth-order valence-corrected chi connectivity index (χ4v) is 5.54. The van der Waals surface area contributed by atoms with Gasteiger partial charge in [0.25, 0.3) is 5.92 Å². The van der Waals surface area contributed by atoms with Gasteiger partial charge in [-0.25, -0.2) is 13.6 Å². The van der Waals surface area contributed by atoms with Gasteiger partial charge in [0, 0.05) is 24.9 Å². The van der Waals surface area contributed by atoms with E-state index in [1.807, 2.05) is 63.2 Å². The van der Waals surface area contributed by atoms with Gasteiger partial charge in [0.15, 0.2) is 5.82 Å². The van der Waals surface area contributed by atoms with Crippen LogP contribution in [0.2, 0.25) is 0 Å². The molecule has 2 aromatic carbocycles. The molecule has 1 heterocycles. The maximum absolute atomic E-state index is 14.2. The van der Waals surface area contributed by atoms with Crippen molar-refractivity contribution in [1.82, 2.24) is 30.8 Å². The molecule has 2 fully saturated rings. The van der Waals surface area contributed by atoms with Crippen molar-refractivity contribution >= 4 is 6.03 Å². The summed E-state index contributed by atoms with van der Waals surface area (Å²) in [7, 11) is 0. The maximum atomic E-state index is 14.2. The number of halogens is 2. The van der Waals surface area contributed by atoms with Crippen LogP contribution in [0.15, 0.2) is 42.5 Å². The zero-order valence-corrected chi connectivity index (χ0v) is 24.2. The van der Waals surface area contributed by atoms with Crippen molar-refractivity contribution in [3.8, 4) is 11.5 Å². The molecule has 12 heteroatoms. The van der Waals surface area contributed by atoms with E-state index in [4.69, 9.17) is 14.2 Å². The van der Waals surface area contributed by atoms with Crippen molar-refractivity contribution < 1.29 is 27.8 Å². The molecule has 0 aliphatic heterocycles. The lowest BCUT2D eigenvalue weighted by Gasteiger charge is -2.46. The number of nitrogens with one attached hydrogen (secondary N) is 2. The van der Waals surface area contributed by atoms with Crippen molar-refractivity contribution in [3.63, 3.8) is 0 Å². The van der Waals surface area contributed by atoms with E-state index in [1.165, 1.54) is 0 Å². The predicted octanol–water partition coefficient (Wildman–Crippen LogP) is 5.49. The number of aromatic amines is 1. The number of tetrazole rings is 1. The molecule has 0 spiro atoms. The first-order valence-electron chi connectivity index (χ1n) is 14.5. The van der Waals surface area contributed by atoms with Crippen LogP contribution in [0.1, 0.15) is 80.9 Å². The highest BCUT2D eigenvalue weighted by atomic mass is 19.3. The molecule has 226 valence electrons. The van der Waals surface area contributed by atoms with Crippen LogP contribution in [-0.4, -0.2) is 63.8 Å². The van der Waals surface area contributed by atoms with Crippen molar-refractivity contribution in [2.75, 3.05) is 26.4 Å². The van der Waals surface area contributed by atoms with Crippen LogP contribution in [0.5, 0.6) is 11.5 Å². The van der Waals surface area contributed by atoms with Crippen molar-refractivity contribution in [3.05, 3.63) is 65.0 Å². The average Bonchev–Trinajstić information content (AvgIpc) is 3.63. The van der Waals surface area contributed by atoms with E-state index < -0.39 is 36.4 Å². The summed E-state index contributed by atoms with van der Waals surface area (Å²) >= 11 is 0. The monoisotopic (exact) mass is 584 g/mol. The molecule has 0 saturated heterocycles. The Morgan fingerprint density at radius 2 is 1.79 bits per heavy atom. The van der Waals surface area contributed by atoms with Gasteiger partial charge < -0.3 is 24.4 Å². The number of carbonyl (C=O) groups is 1. The summed E-state index contributed by atoms with van der Waals surface area (Å²) in [5.74, 6) is -1.04. The van der Waals surface area contributed by atoms with E-state index >= 15 is 0 Å². The standard InChI is InChI=1S/C30H38F2N6O4/c1-4-41-24-15-23(16-25(42-5-2)26(24)22-11-12-22)20(3)38(13-14-40-17-21-9-7-6-8-10-21)28(39)33-29(18-30(31,32)19-29)27-34-36-37-35-27/h6-10,15-16,20,22H,4-5,11-14,17-19H2,1-3H3,(H,33,39)(H,34,35,36,37). The summed E-state index contributed by atoms with van der Waals surface area (Å²) in [4.78, 5) is 15.5. The number of urea groups is 1. The molecule has 1 aromatic heterocycles. The first-order chi connectivity index (χ1) is 20.2. The molecule has 42 heavy (non-hydrogen) atoms. The molecule has 0 bridgehead atoms. The number of hydrogen-bond acceptors (Lipinski definition) is 7. The Hall–Kier alpha value is -3.80. The molecular formula is C30H38F2N6O4. The number of benzene rings is 2. The average molecular weight is 585 g/mol. The summed E-state index contributed by atoms with van der Waals surface area (Å²) < 4.78 is 46.3. The van der Waals surface area contributed by atoms with E-state index in [0.717, 1.165) is 41.0 Å². The van der Waals surface area contributed by atoms with Gasteiger partial charge in [-0.1, -0.05) is 35.5 Å². The fourth-order valence-electron chi connectivity index (χ4n) is 5.54. The van der Waals surface area contributed by atoms with Crippen LogP contribution in [0.4, 0.5) is 13.6 Å². The number of aromatic nitrogens is 4. The lowest BCUT2D eigenvalue weighted by molar-refractivity contribution is -0.137. The van der Waals surface area contributed by atoms with Crippen LogP contribution in [0, 0.1) is 0 Å². The van der Waals surface area contributed by atoms with Crippen molar-refractivity contribution in [1.29, 1.82) is 0 Å². The first kappa shape index (κ1) is 29.7. The number of rotatable bonds is 14. The topological polar surface area (TPSA) is 114 Å². The number of alkyl halides is 2. The third-order valence-electron chi connectivity index (χ3n) is 7.75. The summed E-state index contributed by atoms with van der Waals surface area (Å²) in [5, 5.41) is 16.5. The molecule has 2 aliphatic carbocycles. The van der Waals surface area contributed by atoms with Gasteiger partial charge in [0.05, 0.1) is 32.5 Å². The maximum Gasteiger partial charge on any atom is 0.318 e. The molecule has 5 rings (SSSR count). The van der Waals surface area contributed by atoms with Gasteiger partial charge in [-0.3, -0.25) is 0 Å². The minimum Gasteiger partial charge on any atom is -0.493 e. The number of hydrogen-bond donors (Lipinski definition) is 2. The quantitative estimate of drug-likeness (QED) is 0.241. The Bertz CT molecular complexity index is 1300. The van der Waals surface area contributed by atoms with E-state index in [1.54, 1.807) is 4.90 Å². The number of ether oxygens (including phenoxy) is 3. The molecule has 2 aliphatic rings. The second-order valence-corrected chi connectivity index (χ2v) is 10.9. The van der Waals surface area contributed by atoms with Crippen LogP contribution >= 0.6 is 0 Å². The first-order valence-corrected chi connectivity index (χ1v) is 14.5. The zero-order valence-electron chi connectivity index (χ0n) is 24.2. The Labute approximate surface area is 244 Å². The van der Waals surface area contributed by atoms with E-state index in [0.29, 0.717) is 25.7 Å². The van der Waals surface area contributed by atoms with Gasteiger partial charge in [0.2, 0.25) is 0 Å². The van der Waals surface area contributed by atoms with Gasteiger partial charge in [-0.2, -0.15) is 5.21 Å². The highest BCUT2D eigenvalue weighted by Gasteiger charge is 2.61. The minimum absolute atomic E-state index is 0.0285. The van der Waals surface area contributed by atoms with Crippen LogP contribution in [0.3, 0.4) is 0 Å². The number of H-pyrrole nitrogens is 1. The minimum atomic E-state index is -2.94. The number of carbonyl (C=O) groups excluding carboxylic acids is 1. The number of amides is 2. The van der Waals surface area contributed by atoms with E-state index in [9.17, 15) is 13.6 Å². The second kappa shape index (κ2) is 12.6. The van der Waals surface area contributed by atoms with Gasteiger partial charge in [-0.05, 0) is 62.8 Å². The fraction of sp³-hybridized carbons (Fsp3) is 0.533. The Morgan fingerprint density at radius 1 is 1.12 bits per heavy atom. The summed E-state index contributed by atoms with van der Waals surface area (Å²) in [6.07, 6.45) is 0.921. The smallest absolute Gasteiger partial charge is 0.318 e. The molecule has 2 amide bonds. The molecule has 3 aromatic rings. The summed E-state index contributed by atoms with van der Waals surface area (Å²) in [6, 6.07) is 12.6. The Kier molecular flexibility index (Phi) is 8.91. The SMILES string of the molecule is CCOc1cc(C(C)N(CCOCc2ccccc2)C(=O)NC2(c3nn[nH]n3)CC(F)(F)C2)cc(OCC)c1C1CC1. The highest BCUT2D eigenvalue weighted by Crippen LogP contribution is 2.51. The molecular weight excluding hydrogens is 546 g/mol. The lowest BCUT2D eigenvalue weighted by atomic mass is 9.72.